The number of anilines is 1. The summed E-state index contributed by atoms with van der Waals surface area (Å²) >= 11 is 0. The van der Waals surface area contributed by atoms with Crippen LogP contribution < -0.4 is 5.32 Å². The second-order valence-corrected chi connectivity index (χ2v) is 8.86. The molecule has 0 radical (unpaired) electrons. The van der Waals surface area contributed by atoms with Crippen LogP contribution in [-0.4, -0.2) is 44.6 Å². The molecule has 7 heteroatoms. The number of hydrogen-bond acceptors (Lipinski definition) is 5. The van der Waals surface area contributed by atoms with Crippen LogP contribution >= 0.6 is 0 Å². The number of nitrogens with zero attached hydrogens (tertiary/aromatic N) is 4. The topological polar surface area (TPSA) is 80.1 Å². The number of rotatable bonds is 7. The summed E-state index contributed by atoms with van der Waals surface area (Å²) in [4.78, 5) is 17.4. The molecular formula is C26H28N6O. The standard InChI is InChI=1S/C26H28N6O/c1-17(2)13-27-25-26-29-15-23(32(26)16-21(30-25)5-4-12-33-3)19-8-6-18(7-9-19)22-14-28-24(31-22)20-10-11-20/h6-9,14-17,20H,10-13H2,1-3H3,(H,27,30)(H,28,31). The van der Waals surface area contributed by atoms with Crippen molar-refractivity contribution in [3.63, 3.8) is 0 Å². The molecule has 168 valence electrons. The van der Waals surface area contributed by atoms with E-state index in [2.05, 4.69) is 74.6 Å². The van der Waals surface area contributed by atoms with Gasteiger partial charge in [0.2, 0.25) is 0 Å². The average Bonchev–Trinajstić information content (AvgIpc) is 3.39. The third-order valence-corrected chi connectivity index (χ3v) is 5.65. The van der Waals surface area contributed by atoms with Gasteiger partial charge in [-0.25, -0.2) is 15.0 Å². The summed E-state index contributed by atoms with van der Waals surface area (Å²) in [6.45, 7) is 5.50. The van der Waals surface area contributed by atoms with E-state index >= 15 is 0 Å². The number of hydrogen-bond donors (Lipinski definition) is 2. The Kier molecular flexibility index (Phi) is 5.84. The number of aromatic amines is 1. The van der Waals surface area contributed by atoms with Crippen molar-refractivity contribution in [2.45, 2.75) is 32.6 Å². The molecule has 1 aliphatic carbocycles. The van der Waals surface area contributed by atoms with E-state index in [0.29, 0.717) is 24.1 Å². The van der Waals surface area contributed by atoms with Crippen molar-refractivity contribution in [3.05, 3.63) is 54.4 Å². The lowest BCUT2D eigenvalue weighted by Crippen LogP contribution is -2.11. The van der Waals surface area contributed by atoms with E-state index in [0.717, 1.165) is 46.3 Å². The molecule has 0 bridgehead atoms. The Morgan fingerprint density at radius 2 is 1.94 bits per heavy atom. The molecule has 1 aromatic carbocycles. The molecule has 1 fully saturated rings. The summed E-state index contributed by atoms with van der Waals surface area (Å²) in [5.74, 6) is 9.03. The first-order valence-electron chi connectivity index (χ1n) is 11.4. The number of ether oxygens (including phenoxy) is 1. The number of H-pyrrole nitrogens is 1. The smallest absolute Gasteiger partial charge is 0.180 e. The van der Waals surface area contributed by atoms with Crippen molar-refractivity contribution in [1.29, 1.82) is 0 Å². The van der Waals surface area contributed by atoms with Gasteiger partial charge >= 0.3 is 0 Å². The van der Waals surface area contributed by atoms with Crippen molar-refractivity contribution >= 4 is 11.5 Å². The van der Waals surface area contributed by atoms with Crippen molar-refractivity contribution in [2.75, 3.05) is 25.6 Å². The van der Waals surface area contributed by atoms with Gasteiger partial charge in [-0.1, -0.05) is 44.0 Å². The molecule has 5 rings (SSSR count). The van der Waals surface area contributed by atoms with Crippen molar-refractivity contribution < 1.29 is 4.74 Å². The van der Waals surface area contributed by atoms with Gasteiger partial charge in [0.15, 0.2) is 11.5 Å². The van der Waals surface area contributed by atoms with Crippen LogP contribution in [0.25, 0.3) is 28.2 Å². The summed E-state index contributed by atoms with van der Waals surface area (Å²) in [7, 11) is 1.63. The van der Waals surface area contributed by atoms with Gasteiger partial charge in [0, 0.05) is 31.3 Å². The minimum Gasteiger partial charge on any atom is -0.372 e. The summed E-state index contributed by atoms with van der Waals surface area (Å²) in [5, 5.41) is 3.43. The molecule has 33 heavy (non-hydrogen) atoms. The highest BCUT2D eigenvalue weighted by Crippen LogP contribution is 2.39. The van der Waals surface area contributed by atoms with E-state index in [9.17, 15) is 0 Å². The molecular weight excluding hydrogens is 412 g/mol. The Morgan fingerprint density at radius 3 is 2.67 bits per heavy atom. The maximum atomic E-state index is 5.06. The number of benzene rings is 1. The predicted octanol–water partition coefficient (Wildman–Crippen LogP) is 4.73. The molecule has 1 saturated carbocycles. The molecule has 4 aromatic rings. The van der Waals surface area contributed by atoms with Crippen LogP contribution in [0, 0.1) is 17.8 Å². The number of imidazole rings is 2. The van der Waals surface area contributed by atoms with Crippen LogP contribution in [0.4, 0.5) is 5.82 Å². The maximum Gasteiger partial charge on any atom is 0.180 e. The van der Waals surface area contributed by atoms with Crippen LogP contribution in [0.15, 0.2) is 42.9 Å². The largest absolute Gasteiger partial charge is 0.372 e. The molecule has 0 atom stereocenters. The van der Waals surface area contributed by atoms with E-state index in [4.69, 9.17) is 9.72 Å². The van der Waals surface area contributed by atoms with Crippen LogP contribution in [0.1, 0.15) is 44.1 Å². The summed E-state index contributed by atoms with van der Waals surface area (Å²) in [5.41, 5.74) is 5.71. The van der Waals surface area contributed by atoms with Crippen molar-refractivity contribution in [2.24, 2.45) is 5.92 Å². The Balaban J connectivity index is 1.49. The van der Waals surface area contributed by atoms with Crippen LogP contribution in [0.5, 0.6) is 0 Å². The first-order valence-corrected chi connectivity index (χ1v) is 11.4. The van der Waals surface area contributed by atoms with Gasteiger partial charge in [-0.2, -0.15) is 0 Å². The Morgan fingerprint density at radius 1 is 1.15 bits per heavy atom. The van der Waals surface area contributed by atoms with E-state index in [1.807, 2.05) is 18.6 Å². The highest BCUT2D eigenvalue weighted by atomic mass is 16.5. The predicted molar refractivity (Wildman–Crippen MR) is 130 cm³/mol. The monoisotopic (exact) mass is 440 g/mol. The van der Waals surface area contributed by atoms with Gasteiger partial charge in [0.25, 0.3) is 0 Å². The fourth-order valence-corrected chi connectivity index (χ4v) is 3.75. The lowest BCUT2D eigenvalue weighted by atomic mass is 10.1. The lowest BCUT2D eigenvalue weighted by molar-refractivity contribution is 0.240. The minimum atomic E-state index is 0.364. The summed E-state index contributed by atoms with van der Waals surface area (Å²) < 4.78 is 7.12. The van der Waals surface area contributed by atoms with Crippen LogP contribution in [0.3, 0.4) is 0 Å². The zero-order valence-corrected chi connectivity index (χ0v) is 19.2. The fourth-order valence-electron chi connectivity index (χ4n) is 3.75. The zero-order valence-electron chi connectivity index (χ0n) is 19.2. The van der Waals surface area contributed by atoms with E-state index < -0.39 is 0 Å². The van der Waals surface area contributed by atoms with Gasteiger partial charge in [0.1, 0.15) is 18.1 Å². The molecule has 3 heterocycles. The Hall–Kier alpha value is -3.63. The molecule has 0 aliphatic heterocycles. The Bertz CT molecular complexity index is 1320. The first kappa shape index (κ1) is 21.2. The molecule has 1 aliphatic rings. The minimum absolute atomic E-state index is 0.364. The third-order valence-electron chi connectivity index (χ3n) is 5.65. The average molecular weight is 441 g/mol. The van der Waals surface area contributed by atoms with Crippen LogP contribution in [-0.2, 0) is 4.74 Å². The van der Waals surface area contributed by atoms with Gasteiger partial charge in [-0.3, -0.25) is 4.40 Å². The fraction of sp³-hybridized carbons (Fsp3) is 0.346. The molecule has 7 nitrogen and oxygen atoms in total. The number of nitrogens with one attached hydrogen (secondary N) is 2. The van der Waals surface area contributed by atoms with Crippen LogP contribution in [0.2, 0.25) is 0 Å². The normalized spacial score (nSPS) is 13.3. The zero-order chi connectivity index (χ0) is 22.8. The second kappa shape index (κ2) is 9.08. The van der Waals surface area contributed by atoms with Gasteiger partial charge in [-0.05, 0) is 30.2 Å². The molecule has 0 saturated heterocycles. The SMILES string of the molecule is COCC#Cc1cn2c(-c3ccc(-c4cnc(C5CC5)[nH]4)cc3)cnc2c(NCC(C)C)n1. The third kappa shape index (κ3) is 4.62. The maximum absolute atomic E-state index is 5.06. The molecule has 2 N–H and O–H groups in total. The molecule has 0 amide bonds. The Labute approximate surface area is 193 Å². The molecule has 3 aromatic heterocycles. The quantitative estimate of drug-likeness (QED) is 0.406. The molecule has 0 unspecified atom stereocenters. The summed E-state index contributed by atoms with van der Waals surface area (Å²) in [6.07, 6.45) is 8.23. The first-order chi connectivity index (χ1) is 16.1. The van der Waals surface area contributed by atoms with E-state index in [1.54, 1.807) is 7.11 Å². The van der Waals surface area contributed by atoms with Crippen molar-refractivity contribution in [1.82, 2.24) is 24.3 Å². The number of fused-ring (bicyclic) bond motifs is 1. The van der Waals surface area contributed by atoms with Gasteiger partial charge < -0.3 is 15.0 Å². The second-order valence-electron chi connectivity index (χ2n) is 8.86. The lowest BCUT2D eigenvalue weighted by Gasteiger charge is -2.11. The van der Waals surface area contributed by atoms with Gasteiger partial charge in [-0.15, -0.1) is 0 Å². The molecule has 0 spiro atoms. The van der Waals surface area contributed by atoms with Crippen molar-refractivity contribution in [3.8, 4) is 34.4 Å². The highest BCUT2D eigenvalue weighted by Gasteiger charge is 2.26. The van der Waals surface area contributed by atoms with E-state index in [1.165, 1.54) is 12.8 Å². The van der Waals surface area contributed by atoms with E-state index in [-0.39, 0.29) is 0 Å². The number of aromatic nitrogens is 5. The highest BCUT2D eigenvalue weighted by molar-refractivity contribution is 5.73. The van der Waals surface area contributed by atoms with Gasteiger partial charge in [0.05, 0.1) is 23.8 Å². The number of methoxy groups -OCH3 is 1. The summed E-state index contributed by atoms with van der Waals surface area (Å²) in [6, 6.07) is 8.48.